The van der Waals surface area contributed by atoms with Crippen molar-refractivity contribution < 1.29 is 9.59 Å². The van der Waals surface area contributed by atoms with Gasteiger partial charge in [0.1, 0.15) is 5.82 Å². The summed E-state index contributed by atoms with van der Waals surface area (Å²) in [5.41, 5.74) is 4.12. The molecule has 0 radical (unpaired) electrons. The molecule has 1 aliphatic rings. The minimum atomic E-state index is -0.0755. The molecular formula is C25H29N5O2. The fraction of sp³-hybridized carbons (Fsp3) is 0.320. The molecule has 3 aromatic rings. The Morgan fingerprint density at radius 3 is 2.81 bits per heavy atom. The van der Waals surface area contributed by atoms with Crippen molar-refractivity contribution in [2.75, 3.05) is 26.5 Å². The highest BCUT2D eigenvalue weighted by molar-refractivity contribution is 5.94. The maximum absolute atomic E-state index is 12.8. The number of carbonyl (C=O) groups is 2. The molecule has 32 heavy (non-hydrogen) atoms. The molecule has 7 nitrogen and oxygen atoms in total. The molecule has 0 saturated carbocycles. The van der Waals surface area contributed by atoms with Crippen LogP contribution >= 0.6 is 0 Å². The number of hydrogen-bond donors (Lipinski definition) is 1. The Kier molecular flexibility index (Phi) is 6.10. The Morgan fingerprint density at radius 2 is 2.03 bits per heavy atom. The first-order valence-corrected chi connectivity index (χ1v) is 10.8. The largest absolute Gasteiger partial charge is 0.338 e. The van der Waals surface area contributed by atoms with Crippen molar-refractivity contribution in [3.8, 4) is 0 Å². The number of pyridine rings is 1. The topological polar surface area (TPSA) is 70.5 Å². The molecule has 166 valence electrons. The van der Waals surface area contributed by atoms with Crippen molar-refractivity contribution in [1.29, 1.82) is 0 Å². The molecule has 7 heteroatoms. The van der Waals surface area contributed by atoms with E-state index in [1.165, 1.54) is 0 Å². The highest BCUT2D eigenvalue weighted by Gasteiger charge is 2.17. The Morgan fingerprint density at radius 1 is 1.25 bits per heavy atom. The molecule has 1 aliphatic heterocycles. The lowest BCUT2D eigenvalue weighted by molar-refractivity contribution is -0.125. The number of hydrogen-bond acceptors (Lipinski definition) is 4. The van der Waals surface area contributed by atoms with E-state index in [0.29, 0.717) is 25.2 Å². The monoisotopic (exact) mass is 431 g/mol. The van der Waals surface area contributed by atoms with Gasteiger partial charge in [-0.25, -0.2) is 4.98 Å². The van der Waals surface area contributed by atoms with Crippen LogP contribution in [-0.2, 0) is 22.6 Å². The SMILES string of the molecule is CC(N(C)C)n1cc(CN(C)C(=O)/C=C/c2cnc3c(c2)CCC(=O)N3)c2ccccc21. The van der Waals surface area contributed by atoms with E-state index in [0.717, 1.165) is 27.6 Å². The number of aromatic nitrogens is 2. The van der Waals surface area contributed by atoms with Crippen molar-refractivity contribution >= 4 is 34.6 Å². The summed E-state index contributed by atoms with van der Waals surface area (Å²) in [4.78, 5) is 32.5. The van der Waals surface area contributed by atoms with Gasteiger partial charge in [-0.15, -0.1) is 0 Å². The zero-order valence-corrected chi connectivity index (χ0v) is 19.0. The van der Waals surface area contributed by atoms with Crippen LogP contribution in [0.15, 0.2) is 48.8 Å². The molecule has 1 unspecified atom stereocenters. The van der Waals surface area contributed by atoms with Gasteiger partial charge in [-0.3, -0.25) is 14.5 Å². The number of rotatable bonds is 6. The summed E-state index contributed by atoms with van der Waals surface area (Å²) in [6, 6.07) is 10.3. The Hall–Kier alpha value is -3.45. The molecule has 2 aromatic heterocycles. The number of carbonyl (C=O) groups excluding carboxylic acids is 2. The Bertz CT molecular complexity index is 1190. The first-order chi connectivity index (χ1) is 15.3. The maximum atomic E-state index is 12.8. The number of nitrogens with zero attached hydrogens (tertiary/aromatic N) is 4. The van der Waals surface area contributed by atoms with Crippen LogP contribution in [0.2, 0.25) is 0 Å². The van der Waals surface area contributed by atoms with Gasteiger partial charge in [0, 0.05) is 49.4 Å². The Balaban J connectivity index is 1.50. The number of anilines is 1. The number of fused-ring (bicyclic) bond motifs is 2. The summed E-state index contributed by atoms with van der Waals surface area (Å²) in [7, 11) is 5.93. The van der Waals surface area contributed by atoms with Crippen LogP contribution in [-0.4, -0.2) is 52.3 Å². The van der Waals surface area contributed by atoms with Gasteiger partial charge in [0.15, 0.2) is 0 Å². The number of aryl methyl sites for hydroxylation is 1. The highest BCUT2D eigenvalue weighted by Crippen LogP contribution is 2.26. The first-order valence-electron chi connectivity index (χ1n) is 10.8. The fourth-order valence-corrected chi connectivity index (χ4v) is 3.96. The first kappa shape index (κ1) is 21.8. The minimum Gasteiger partial charge on any atom is -0.338 e. The van der Waals surface area contributed by atoms with E-state index in [-0.39, 0.29) is 18.0 Å². The summed E-state index contributed by atoms with van der Waals surface area (Å²) < 4.78 is 2.25. The number of nitrogens with one attached hydrogen (secondary N) is 1. The van der Waals surface area contributed by atoms with E-state index in [1.54, 1.807) is 23.2 Å². The molecule has 1 N–H and O–H groups in total. The summed E-state index contributed by atoms with van der Waals surface area (Å²) in [5, 5.41) is 3.93. The van der Waals surface area contributed by atoms with Crippen LogP contribution in [0.3, 0.4) is 0 Å². The Labute approximate surface area is 188 Å². The van der Waals surface area contributed by atoms with Gasteiger partial charge in [-0.2, -0.15) is 0 Å². The molecule has 2 amide bonds. The van der Waals surface area contributed by atoms with Gasteiger partial charge in [-0.05, 0) is 62.3 Å². The van der Waals surface area contributed by atoms with Crippen LogP contribution in [0.5, 0.6) is 0 Å². The average Bonchev–Trinajstić information content (AvgIpc) is 3.15. The molecule has 0 fully saturated rings. The van der Waals surface area contributed by atoms with Crippen molar-refractivity contribution in [1.82, 2.24) is 19.4 Å². The van der Waals surface area contributed by atoms with E-state index >= 15 is 0 Å². The second kappa shape index (κ2) is 8.96. The molecule has 3 heterocycles. The van der Waals surface area contributed by atoms with E-state index in [1.807, 2.05) is 25.2 Å². The van der Waals surface area contributed by atoms with Crippen LogP contribution in [0.4, 0.5) is 5.82 Å². The molecule has 0 saturated heterocycles. The number of amides is 2. The quantitative estimate of drug-likeness (QED) is 0.605. The molecule has 0 spiro atoms. The van der Waals surface area contributed by atoms with Crippen LogP contribution < -0.4 is 5.32 Å². The van der Waals surface area contributed by atoms with Crippen molar-refractivity contribution in [2.45, 2.75) is 32.5 Å². The summed E-state index contributed by atoms with van der Waals surface area (Å²) >= 11 is 0. The third-order valence-corrected chi connectivity index (χ3v) is 6.04. The second-order valence-corrected chi connectivity index (χ2v) is 8.53. The zero-order valence-electron chi connectivity index (χ0n) is 19.0. The zero-order chi connectivity index (χ0) is 22.8. The lowest BCUT2D eigenvalue weighted by atomic mass is 10.0. The third kappa shape index (κ3) is 4.43. The number of likely N-dealkylation sites (N-methyl/N-ethyl adjacent to an activating group) is 1. The maximum Gasteiger partial charge on any atom is 0.246 e. The standard InChI is InChI=1S/C25H29N5O2/c1-17(28(2)3)30-16-20(21-7-5-6-8-22(21)30)15-29(4)24(32)12-9-18-13-19-10-11-23(31)27-25(19)26-14-18/h5-9,12-14,16-17H,10-11,15H2,1-4H3,(H,26,27,31)/b12-9+. The number of para-hydroxylation sites is 1. The third-order valence-electron chi connectivity index (χ3n) is 6.04. The molecule has 0 aliphatic carbocycles. The summed E-state index contributed by atoms with van der Waals surface area (Å²) in [5.74, 6) is 0.533. The van der Waals surface area contributed by atoms with Gasteiger partial charge in [-0.1, -0.05) is 18.2 Å². The summed E-state index contributed by atoms with van der Waals surface area (Å²) in [6.07, 6.45) is 8.50. The van der Waals surface area contributed by atoms with E-state index in [2.05, 4.69) is 59.1 Å². The van der Waals surface area contributed by atoms with E-state index in [4.69, 9.17) is 0 Å². The van der Waals surface area contributed by atoms with Gasteiger partial charge in [0.2, 0.25) is 11.8 Å². The summed E-state index contributed by atoms with van der Waals surface area (Å²) in [6.45, 7) is 2.68. The molecule has 0 bridgehead atoms. The fourth-order valence-electron chi connectivity index (χ4n) is 3.96. The minimum absolute atomic E-state index is 0.00794. The van der Waals surface area contributed by atoms with Gasteiger partial charge < -0.3 is 14.8 Å². The van der Waals surface area contributed by atoms with Gasteiger partial charge in [0.25, 0.3) is 0 Å². The molecule has 4 rings (SSSR count). The predicted octanol–water partition coefficient (Wildman–Crippen LogP) is 3.67. The van der Waals surface area contributed by atoms with Crippen molar-refractivity contribution in [3.63, 3.8) is 0 Å². The van der Waals surface area contributed by atoms with Crippen LogP contribution in [0.25, 0.3) is 17.0 Å². The lowest BCUT2D eigenvalue weighted by Gasteiger charge is -2.22. The van der Waals surface area contributed by atoms with E-state index in [9.17, 15) is 9.59 Å². The lowest BCUT2D eigenvalue weighted by Crippen LogP contribution is -2.24. The van der Waals surface area contributed by atoms with Crippen molar-refractivity contribution in [3.05, 3.63) is 65.5 Å². The second-order valence-electron chi connectivity index (χ2n) is 8.53. The smallest absolute Gasteiger partial charge is 0.246 e. The molecule has 1 aromatic carbocycles. The average molecular weight is 432 g/mol. The predicted molar refractivity (Wildman–Crippen MR) is 127 cm³/mol. The highest BCUT2D eigenvalue weighted by atomic mass is 16.2. The van der Waals surface area contributed by atoms with Gasteiger partial charge in [0.05, 0.1) is 6.17 Å². The van der Waals surface area contributed by atoms with Crippen molar-refractivity contribution in [2.24, 2.45) is 0 Å². The van der Waals surface area contributed by atoms with Crippen LogP contribution in [0, 0.1) is 0 Å². The van der Waals surface area contributed by atoms with Crippen LogP contribution in [0.1, 0.15) is 36.2 Å². The van der Waals surface area contributed by atoms with Gasteiger partial charge >= 0.3 is 0 Å². The molecular weight excluding hydrogens is 402 g/mol. The normalized spacial score (nSPS) is 14.6. The number of benzene rings is 1. The molecule has 1 atom stereocenters. The van der Waals surface area contributed by atoms with E-state index < -0.39 is 0 Å².